The largest absolute Gasteiger partial charge is 0.381 e. The molecule has 28 heavy (non-hydrogen) atoms. The average Bonchev–Trinajstić information content (AvgIpc) is 3.41. The van der Waals surface area contributed by atoms with Crippen molar-refractivity contribution in [2.24, 2.45) is 5.92 Å². The Kier molecular flexibility index (Phi) is 5.92. The highest BCUT2D eigenvalue weighted by molar-refractivity contribution is 7.13. The van der Waals surface area contributed by atoms with Crippen molar-refractivity contribution < 1.29 is 9.53 Å². The summed E-state index contributed by atoms with van der Waals surface area (Å²) >= 11 is 1.61. The van der Waals surface area contributed by atoms with E-state index in [1.54, 1.807) is 30.6 Å². The van der Waals surface area contributed by atoms with E-state index in [0.717, 1.165) is 55.6 Å². The average molecular weight is 402 g/mol. The fraction of sp³-hybridized carbons (Fsp3) is 0.571. The van der Waals surface area contributed by atoms with Crippen LogP contribution in [-0.2, 0) is 16.1 Å². The van der Waals surface area contributed by atoms with E-state index >= 15 is 0 Å². The Labute approximate surface area is 169 Å². The zero-order valence-corrected chi connectivity index (χ0v) is 17.1. The van der Waals surface area contributed by atoms with Gasteiger partial charge >= 0.3 is 0 Å². The van der Waals surface area contributed by atoms with Gasteiger partial charge in [0.15, 0.2) is 0 Å². The van der Waals surface area contributed by atoms with Gasteiger partial charge in [0.05, 0.1) is 23.6 Å². The van der Waals surface area contributed by atoms with E-state index in [4.69, 9.17) is 4.74 Å². The topological polar surface area (TPSA) is 64.4 Å². The minimum Gasteiger partial charge on any atom is -0.381 e. The summed E-state index contributed by atoms with van der Waals surface area (Å²) in [6, 6.07) is 7.37. The molecule has 1 aliphatic carbocycles. The molecule has 0 unspecified atom stereocenters. The number of hydrogen-bond donors (Lipinski definition) is 0. The molecule has 2 aliphatic rings. The third-order valence-electron chi connectivity index (χ3n) is 5.99. The van der Waals surface area contributed by atoms with Gasteiger partial charge in [0, 0.05) is 25.6 Å². The van der Waals surface area contributed by atoms with Crippen LogP contribution in [0.2, 0.25) is 0 Å². The Bertz CT molecular complexity index is 864. The van der Waals surface area contributed by atoms with Gasteiger partial charge in [0.1, 0.15) is 5.69 Å². The first-order valence-electron chi connectivity index (χ1n) is 10.1. The molecule has 0 spiro atoms. The van der Waals surface area contributed by atoms with Crippen molar-refractivity contribution in [1.82, 2.24) is 14.7 Å². The van der Waals surface area contributed by atoms with Crippen LogP contribution in [0.1, 0.15) is 38.5 Å². The van der Waals surface area contributed by atoms with Gasteiger partial charge in [-0.1, -0.05) is 12.5 Å². The van der Waals surface area contributed by atoms with Gasteiger partial charge in [-0.3, -0.25) is 9.59 Å². The van der Waals surface area contributed by atoms with Crippen LogP contribution in [0, 0.1) is 5.92 Å². The molecule has 1 saturated carbocycles. The molecule has 2 aromatic rings. The summed E-state index contributed by atoms with van der Waals surface area (Å²) in [4.78, 5) is 28.6. The van der Waals surface area contributed by atoms with Crippen LogP contribution < -0.4 is 5.56 Å². The minimum atomic E-state index is -0.114. The molecular formula is C21H27N3O3S. The zero-order chi connectivity index (χ0) is 19.5. The maximum atomic E-state index is 13.2. The Morgan fingerprint density at radius 1 is 1.25 bits per heavy atom. The second-order valence-corrected chi connectivity index (χ2v) is 8.71. The van der Waals surface area contributed by atoms with Crippen LogP contribution in [0.3, 0.4) is 0 Å². The molecule has 3 atom stereocenters. The highest BCUT2D eigenvalue weighted by Gasteiger charge is 2.36. The fourth-order valence-corrected chi connectivity index (χ4v) is 5.16. The smallest absolute Gasteiger partial charge is 0.266 e. The van der Waals surface area contributed by atoms with Crippen LogP contribution in [-0.4, -0.2) is 46.4 Å². The van der Waals surface area contributed by atoms with Crippen LogP contribution in [0.4, 0.5) is 0 Å². The highest BCUT2D eigenvalue weighted by atomic mass is 32.1. The third-order valence-corrected chi connectivity index (χ3v) is 6.89. The van der Waals surface area contributed by atoms with Crippen molar-refractivity contribution >= 4 is 17.2 Å². The molecule has 0 radical (unpaired) electrons. The first-order valence-corrected chi connectivity index (χ1v) is 11.0. The van der Waals surface area contributed by atoms with Gasteiger partial charge in [-0.2, -0.15) is 5.10 Å². The number of hydrogen-bond acceptors (Lipinski definition) is 5. The van der Waals surface area contributed by atoms with Gasteiger partial charge < -0.3 is 9.64 Å². The normalized spacial score (nSPS) is 25.2. The van der Waals surface area contributed by atoms with Crippen LogP contribution in [0.5, 0.6) is 0 Å². The zero-order valence-electron chi connectivity index (χ0n) is 16.3. The Morgan fingerprint density at radius 3 is 2.93 bits per heavy atom. The molecule has 3 heterocycles. The van der Waals surface area contributed by atoms with Crippen molar-refractivity contribution in [2.75, 3.05) is 13.7 Å². The van der Waals surface area contributed by atoms with Gasteiger partial charge in [-0.05, 0) is 49.6 Å². The highest BCUT2D eigenvalue weighted by Crippen LogP contribution is 2.30. The standard InChI is InChI=1S/C21H27N3O3S/c1-27-17-7-2-5-15(13-17)21(26)23-11-3-6-16(23)14-24-20(25)10-9-18(22-24)19-8-4-12-28-19/h4,8-10,12,15-17H,2-3,5-7,11,13-14H2,1H3/t15-,16+,17+/m1/s1. The van der Waals surface area contributed by atoms with E-state index in [-0.39, 0.29) is 29.5 Å². The number of amides is 1. The lowest BCUT2D eigenvalue weighted by Gasteiger charge is -2.33. The number of carbonyl (C=O) groups is 1. The second kappa shape index (κ2) is 8.57. The van der Waals surface area contributed by atoms with Crippen molar-refractivity contribution in [1.29, 1.82) is 0 Å². The fourth-order valence-electron chi connectivity index (χ4n) is 4.47. The molecule has 150 valence electrons. The van der Waals surface area contributed by atoms with Crippen LogP contribution >= 0.6 is 11.3 Å². The lowest BCUT2D eigenvalue weighted by Crippen LogP contribution is -2.44. The number of nitrogens with zero attached hydrogens (tertiary/aromatic N) is 3. The SMILES string of the molecule is CO[C@H]1CCC[C@@H](C(=O)N2CCC[C@H]2Cn2nc(-c3cccs3)ccc2=O)C1. The summed E-state index contributed by atoms with van der Waals surface area (Å²) in [5.41, 5.74) is 0.692. The van der Waals surface area contributed by atoms with Gasteiger partial charge in [0.2, 0.25) is 5.91 Å². The monoisotopic (exact) mass is 401 g/mol. The number of aromatic nitrogens is 2. The number of likely N-dealkylation sites (tertiary alicyclic amines) is 1. The van der Waals surface area contributed by atoms with Gasteiger partial charge in [0.25, 0.3) is 5.56 Å². The van der Waals surface area contributed by atoms with E-state index in [9.17, 15) is 9.59 Å². The predicted molar refractivity (Wildman–Crippen MR) is 109 cm³/mol. The summed E-state index contributed by atoms with van der Waals surface area (Å²) in [7, 11) is 1.73. The summed E-state index contributed by atoms with van der Waals surface area (Å²) in [6.45, 7) is 1.24. The maximum Gasteiger partial charge on any atom is 0.266 e. The molecule has 1 aliphatic heterocycles. The third kappa shape index (κ3) is 4.05. The number of carbonyl (C=O) groups excluding carboxylic acids is 1. The van der Waals surface area contributed by atoms with E-state index in [1.807, 2.05) is 22.4 Å². The van der Waals surface area contributed by atoms with Gasteiger partial charge in [-0.15, -0.1) is 11.3 Å². The molecule has 2 fully saturated rings. The predicted octanol–water partition coefficient (Wildman–Crippen LogP) is 3.17. The summed E-state index contributed by atoms with van der Waals surface area (Å²) in [6.07, 6.45) is 5.92. The minimum absolute atomic E-state index is 0.0409. The molecule has 1 saturated heterocycles. The molecule has 1 amide bonds. The quantitative estimate of drug-likeness (QED) is 0.772. The molecule has 6 nitrogen and oxygen atoms in total. The molecular weight excluding hydrogens is 374 g/mol. The second-order valence-electron chi connectivity index (χ2n) is 7.77. The van der Waals surface area contributed by atoms with Crippen molar-refractivity contribution in [3.63, 3.8) is 0 Å². The molecule has 2 aromatic heterocycles. The van der Waals surface area contributed by atoms with E-state index in [0.29, 0.717) is 6.54 Å². The lowest BCUT2D eigenvalue weighted by molar-refractivity contribution is -0.139. The Hall–Kier alpha value is -1.99. The summed E-state index contributed by atoms with van der Waals surface area (Å²) < 4.78 is 7.03. The van der Waals surface area contributed by atoms with Crippen molar-refractivity contribution in [3.05, 3.63) is 40.0 Å². The van der Waals surface area contributed by atoms with Crippen molar-refractivity contribution in [2.45, 2.75) is 57.2 Å². The Balaban J connectivity index is 1.49. The summed E-state index contributed by atoms with van der Waals surface area (Å²) in [5, 5.41) is 6.57. The number of methoxy groups -OCH3 is 1. The molecule has 0 N–H and O–H groups in total. The number of rotatable bonds is 5. The van der Waals surface area contributed by atoms with E-state index < -0.39 is 0 Å². The molecule has 0 bridgehead atoms. The van der Waals surface area contributed by atoms with Gasteiger partial charge in [-0.25, -0.2) is 4.68 Å². The first kappa shape index (κ1) is 19.3. The number of ether oxygens (including phenoxy) is 1. The Morgan fingerprint density at radius 2 is 2.14 bits per heavy atom. The van der Waals surface area contributed by atoms with Crippen LogP contribution in [0.15, 0.2) is 34.4 Å². The van der Waals surface area contributed by atoms with Crippen LogP contribution in [0.25, 0.3) is 10.6 Å². The number of thiophene rings is 1. The van der Waals surface area contributed by atoms with E-state index in [1.165, 1.54) is 4.68 Å². The lowest BCUT2D eigenvalue weighted by atomic mass is 9.86. The molecule has 4 rings (SSSR count). The molecule has 0 aromatic carbocycles. The van der Waals surface area contributed by atoms with Crippen molar-refractivity contribution in [3.8, 4) is 10.6 Å². The van der Waals surface area contributed by atoms with E-state index in [2.05, 4.69) is 5.10 Å². The first-order chi connectivity index (χ1) is 13.7. The maximum absolute atomic E-state index is 13.2. The summed E-state index contributed by atoms with van der Waals surface area (Å²) in [5.74, 6) is 0.271. The molecule has 7 heteroatoms.